The molecule has 0 aliphatic heterocycles. The summed E-state index contributed by atoms with van der Waals surface area (Å²) in [6, 6.07) is 5.70. The van der Waals surface area contributed by atoms with Crippen molar-refractivity contribution in [3.8, 4) is 9.88 Å². The van der Waals surface area contributed by atoms with Crippen LogP contribution in [0, 0.1) is 27.2 Å². The minimum absolute atomic E-state index is 0.118. The fourth-order valence-electron chi connectivity index (χ4n) is 2.14. The van der Waals surface area contributed by atoms with Gasteiger partial charge in [0.2, 0.25) is 5.13 Å². The molecule has 26 heavy (non-hydrogen) atoms. The molecule has 2 heterocycles. The maximum Gasteiger partial charge on any atom is 0.279 e. The van der Waals surface area contributed by atoms with Gasteiger partial charge in [0.25, 0.3) is 17.3 Å². The highest BCUT2D eigenvalue weighted by molar-refractivity contribution is 7.23. The lowest BCUT2D eigenvalue weighted by Crippen LogP contribution is -2.13. The van der Waals surface area contributed by atoms with Crippen molar-refractivity contribution >= 4 is 45.1 Å². The van der Waals surface area contributed by atoms with Crippen LogP contribution in [0.2, 0.25) is 0 Å². The predicted octanol–water partition coefficient (Wildman–Crippen LogP) is 3.64. The Labute approximate surface area is 153 Å². The predicted molar refractivity (Wildman–Crippen MR) is 95.7 cm³/mol. The van der Waals surface area contributed by atoms with Crippen molar-refractivity contribution in [3.05, 3.63) is 61.0 Å². The smallest absolute Gasteiger partial charge is 0.279 e. The molecule has 0 atom stereocenters. The van der Waals surface area contributed by atoms with Crippen molar-refractivity contribution in [3.63, 3.8) is 0 Å². The number of carbonyl (C=O) groups is 1. The Bertz CT molecular complexity index is 980. The molecule has 0 unspecified atom stereocenters. The Morgan fingerprint density at radius 1 is 1.15 bits per heavy atom. The first-order valence-electron chi connectivity index (χ1n) is 6.99. The second-order valence-electron chi connectivity index (χ2n) is 5.00. The quantitative estimate of drug-likeness (QED) is 0.517. The van der Waals surface area contributed by atoms with E-state index in [1.807, 2.05) is 17.5 Å². The average Bonchev–Trinajstić information content (AvgIpc) is 3.25. The molecule has 2 aromatic heterocycles. The number of nitro benzene ring substituents is 2. The molecule has 1 amide bonds. The van der Waals surface area contributed by atoms with Crippen molar-refractivity contribution in [2.45, 2.75) is 6.92 Å². The van der Waals surface area contributed by atoms with Crippen LogP contribution in [0.5, 0.6) is 0 Å². The topological polar surface area (TPSA) is 141 Å². The van der Waals surface area contributed by atoms with E-state index in [4.69, 9.17) is 0 Å². The third-order valence-electron chi connectivity index (χ3n) is 3.39. The maximum absolute atomic E-state index is 12.4. The first-order valence-corrected chi connectivity index (χ1v) is 8.68. The zero-order valence-electron chi connectivity index (χ0n) is 13.0. The van der Waals surface area contributed by atoms with Gasteiger partial charge in [-0.05, 0) is 18.4 Å². The summed E-state index contributed by atoms with van der Waals surface area (Å²) in [4.78, 5) is 33.9. The fraction of sp³-hybridized carbons (Fsp3) is 0.0714. The maximum atomic E-state index is 12.4. The Hall–Kier alpha value is -3.25. The number of aromatic nitrogens is 2. The van der Waals surface area contributed by atoms with Crippen LogP contribution in [0.1, 0.15) is 15.9 Å². The monoisotopic (exact) mass is 391 g/mol. The number of nitrogens with one attached hydrogen (secondary N) is 1. The molecule has 1 aromatic carbocycles. The van der Waals surface area contributed by atoms with Gasteiger partial charge in [-0.1, -0.05) is 17.4 Å². The third-order valence-corrected chi connectivity index (χ3v) is 5.26. The minimum atomic E-state index is -0.765. The summed E-state index contributed by atoms with van der Waals surface area (Å²) in [7, 11) is 0. The molecule has 0 aliphatic carbocycles. The van der Waals surface area contributed by atoms with Crippen LogP contribution < -0.4 is 5.32 Å². The number of nitrogens with zero attached hydrogens (tertiary/aromatic N) is 4. The van der Waals surface area contributed by atoms with Gasteiger partial charge in [-0.3, -0.25) is 30.3 Å². The molecule has 0 radical (unpaired) electrons. The molecular formula is C14H9N5O5S2. The van der Waals surface area contributed by atoms with E-state index in [1.54, 1.807) is 0 Å². The van der Waals surface area contributed by atoms with E-state index in [0.29, 0.717) is 5.01 Å². The SMILES string of the molecule is Cc1c([N+](=O)[O-])cc(C(=O)Nc2nnc(-c3cccs3)s2)cc1[N+](=O)[O-]. The zero-order valence-corrected chi connectivity index (χ0v) is 14.7. The van der Waals surface area contributed by atoms with Gasteiger partial charge in [-0.25, -0.2) is 0 Å². The second kappa shape index (κ2) is 6.93. The number of thiophene rings is 1. The van der Waals surface area contributed by atoms with E-state index in [1.165, 1.54) is 18.3 Å². The van der Waals surface area contributed by atoms with Gasteiger partial charge in [0.1, 0.15) is 5.56 Å². The number of benzene rings is 1. The summed E-state index contributed by atoms with van der Waals surface area (Å²) in [5.41, 5.74) is -1.32. The molecule has 132 valence electrons. The number of rotatable bonds is 5. The highest BCUT2D eigenvalue weighted by Gasteiger charge is 2.25. The molecule has 0 saturated carbocycles. The van der Waals surface area contributed by atoms with E-state index in [0.717, 1.165) is 28.3 Å². The van der Waals surface area contributed by atoms with Gasteiger partial charge in [-0.2, -0.15) is 0 Å². The van der Waals surface area contributed by atoms with Gasteiger partial charge in [0.15, 0.2) is 5.01 Å². The standard InChI is InChI=1S/C14H9N5O5S2/c1-7-9(18(21)22)5-8(6-10(7)19(23)24)12(20)15-14-17-16-13(26-14)11-3-2-4-25-11/h2-6H,1H3,(H,15,17,20). The van der Waals surface area contributed by atoms with Crippen LogP contribution in [0.25, 0.3) is 9.88 Å². The summed E-state index contributed by atoms with van der Waals surface area (Å²) < 4.78 is 0. The summed E-state index contributed by atoms with van der Waals surface area (Å²) in [6.45, 7) is 1.26. The summed E-state index contributed by atoms with van der Waals surface area (Å²) >= 11 is 2.59. The largest absolute Gasteiger partial charge is 0.296 e. The van der Waals surface area contributed by atoms with E-state index in [9.17, 15) is 25.0 Å². The Balaban J connectivity index is 1.90. The molecule has 0 spiro atoms. The van der Waals surface area contributed by atoms with E-state index in [-0.39, 0.29) is 16.3 Å². The fourth-order valence-corrected chi connectivity index (χ4v) is 3.67. The highest BCUT2D eigenvalue weighted by atomic mass is 32.1. The number of anilines is 1. The van der Waals surface area contributed by atoms with Crippen LogP contribution in [-0.2, 0) is 0 Å². The van der Waals surface area contributed by atoms with Gasteiger partial charge >= 0.3 is 0 Å². The van der Waals surface area contributed by atoms with Gasteiger partial charge in [0, 0.05) is 12.1 Å². The lowest BCUT2D eigenvalue weighted by molar-refractivity contribution is -0.395. The van der Waals surface area contributed by atoms with Crippen LogP contribution in [-0.4, -0.2) is 26.0 Å². The average molecular weight is 391 g/mol. The molecular weight excluding hydrogens is 382 g/mol. The molecule has 1 N–H and O–H groups in total. The first kappa shape index (κ1) is 17.6. The summed E-state index contributed by atoms with van der Waals surface area (Å²) in [5, 5.41) is 35.1. The lowest BCUT2D eigenvalue weighted by Gasteiger charge is -2.04. The Morgan fingerprint density at radius 2 is 1.81 bits per heavy atom. The second-order valence-corrected chi connectivity index (χ2v) is 6.92. The van der Waals surface area contributed by atoms with Gasteiger partial charge in [-0.15, -0.1) is 21.5 Å². The molecule has 3 aromatic rings. The van der Waals surface area contributed by atoms with Crippen molar-refractivity contribution < 1.29 is 14.6 Å². The molecule has 0 bridgehead atoms. The van der Waals surface area contributed by atoms with Crippen molar-refractivity contribution in [2.75, 3.05) is 5.32 Å². The van der Waals surface area contributed by atoms with Crippen molar-refractivity contribution in [1.82, 2.24) is 10.2 Å². The zero-order chi connectivity index (χ0) is 18.8. The Kier molecular flexibility index (Phi) is 4.69. The Morgan fingerprint density at radius 3 is 2.35 bits per heavy atom. The van der Waals surface area contributed by atoms with E-state index < -0.39 is 27.1 Å². The van der Waals surface area contributed by atoms with E-state index in [2.05, 4.69) is 15.5 Å². The molecule has 10 nitrogen and oxygen atoms in total. The van der Waals surface area contributed by atoms with Crippen LogP contribution in [0.4, 0.5) is 16.5 Å². The molecule has 12 heteroatoms. The molecule has 3 rings (SSSR count). The van der Waals surface area contributed by atoms with Gasteiger partial charge in [0.05, 0.1) is 20.3 Å². The number of carbonyl (C=O) groups excluding carboxylic acids is 1. The molecule has 0 fully saturated rings. The number of hydrogen-bond acceptors (Lipinski definition) is 9. The highest BCUT2D eigenvalue weighted by Crippen LogP contribution is 2.32. The van der Waals surface area contributed by atoms with Crippen LogP contribution >= 0.6 is 22.7 Å². The summed E-state index contributed by atoms with van der Waals surface area (Å²) in [5.74, 6) is -0.745. The van der Waals surface area contributed by atoms with Crippen LogP contribution in [0.15, 0.2) is 29.6 Å². The van der Waals surface area contributed by atoms with Crippen LogP contribution in [0.3, 0.4) is 0 Å². The van der Waals surface area contributed by atoms with Crippen molar-refractivity contribution in [2.24, 2.45) is 0 Å². The molecule has 0 saturated heterocycles. The normalized spacial score (nSPS) is 10.5. The third kappa shape index (κ3) is 3.41. The van der Waals surface area contributed by atoms with Crippen molar-refractivity contribution in [1.29, 1.82) is 0 Å². The van der Waals surface area contributed by atoms with Gasteiger partial charge < -0.3 is 0 Å². The number of amides is 1. The van der Waals surface area contributed by atoms with E-state index >= 15 is 0 Å². The first-order chi connectivity index (χ1) is 12.4. The lowest BCUT2D eigenvalue weighted by atomic mass is 10.1. The number of nitro groups is 2. The summed E-state index contributed by atoms with van der Waals surface area (Å²) in [6.07, 6.45) is 0. The molecule has 0 aliphatic rings. The number of hydrogen-bond donors (Lipinski definition) is 1. The minimum Gasteiger partial charge on any atom is -0.296 e.